The van der Waals surface area contributed by atoms with Crippen LogP contribution < -0.4 is 10.6 Å². The predicted molar refractivity (Wildman–Crippen MR) is 158 cm³/mol. The number of carbonyl (C=O) groups is 1. The lowest BCUT2D eigenvalue weighted by atomic mass is 10.0. The third-order valence-corrected chi connectivity index (χ3v) is 7.85. The molecule has 0 radical (unpaired) electrons. The molecular formula is C30H33ClN6O2. The summed E-state index contributed by atoms with van der Waals surface area (Å²) < 4.78 is 1.60. The summed E-state index contributed by atoms with van der Waals surface area (Å²) in [6.07, 6.45) is 1.33. The van der Waals surface area contributed by atoms with E-state index in [1.807, 2.05) is 51.1 Å². The lowest BCUT2D eigenvalue weighted by Gasteiger charge is -2.40. The van der Waals surface area contributed by atoms with Crippen LogP contribution in [0.3, 0.4) is 0 Å². The number of para-hydroxylation sites is 1. The van der Waals surface area contributed by atoms with Crippen molar-refractivity contribution in [2.75, 3.05) is 31.1 Å². The Kier molecular flexibility index (Phi) is 7.16. The maximum absolute atomic E-state index is 13.9. The van der Waals surface area contributed by atoms with Crippen molar-refractivity contribution in [3.05, 3.63) is 75.3 Å². The molecule has 5 rings (SSSR count). The molecule has 3 aromatic rings. The topological polar surface area (TPSA) is 83.7 Å². The van der Waals surface area contributed by atoms with Gasteiger partial charge in [-0.1, -0.05) is 50.2 Å². The largest absolute Gasteiger partial charge is 0.355 e. The monoisotopic (exact) mass is 544 g/mol. The second-order valence-corrected chi connectivity index (χ2v) is 11.0. The van der Waals surface area contributed by atoms with Crippen molar-refractivity contribution in [1.82, 2.24) is 19.4 Å². The Bertz CT molecular complexity index is 1620. The number of nitrogens with zero attached hydrogens (tertiary/aromatic N) is 6. The third-order valence-electron chi connectivity index (χ3n) is 7.57. The van der Waals surface area contributed by atoms with E-state index in [1.165, 1.54) is 6.08 Å². The van der Waals surface area contributed by atoms with Crippen molar-refractivity contribution >= 4 is 45.6 Å². The molecule has 4 heterocycles. The lowest BCUT2D eigenvalue weighted by molar-refractivity contribution is -0.126. The minimum absolute atomic E-state index is 0.0795. The Morgan fingerprint density at radius 2 is 1.92 bits per heavy atom. The highest BCUT2D eigenvalue weighted by atomic mass is 35.5. The van der Waals surface area contributed by atoms with Crippen LogP contribution in [0.5, 0.6) is 0 Å². The van der Waals surface area contributed by atoms with Crippen LogP contribution in [0.25, 0.3) is 22.3 Å². The van der Waals surface area contributed by atoms with E-state index < -0.39 is 5.69 Å². The number of aromatic nitrogens is 3. The molecule has 0 N–H and O–H groups in total. The van der Waals surface area contributed by atoms with Crippen LogP contribution in [-0.4, -0.2) is 63.3 Å². The summed E-state index contributed by atoms with van der Waals surface area (Å²) in [5.41, 5.74) is 5.35. The van der Waals surface area contributed by atoms with Gasteiger partial charge in [0.2, 0.25) is 5.91 Å². The van der Waals surface area contributed by atoms with E-state index in [0.717, 1.165) is 28.1 Å². The number of carbonyl (C=O) groups excluding carboxylic acids is 1. The number of hydrogen-bond donors (Lipinski definition) is 0. The summed E-state index contributed by atoms with van der Waals surface area (Å²) in [4.78, 5) is 44.2. The molecule has 2 aliphatic rings. The summed E-state index contributed by atoms with van der Waals surface area (Å²) in [6.45, 7) is 15.9. The second kappa shape index (κ2) is 10.4. The fourth-order valence-electron chi connectivity index (χ4n) is 5.58. The number of allylic oxidation sites excluding steroid dienone is 1. The Balaban J connectivity index is 1.78. The molecule has 0 unspecified atom stereocenters. The molecule has 0 bridgehead atoms. The van der Waals surface area contributed by atoms with Gasteiger partial charge in [-0.25, -0.2) is 14.3 Å². The average molecular weight is 545 g/mol. The van der Waals surface area contributed by atoms with E-state index in [0.29, 0.717) is 53.7 Å². The number of rotatable bonds is 5. The van der Waals surface area contributed by atoms with E-state index in [2.05, 4.69) is 35.3 Å². The van der Waals surface area contributed by atoms with Crippen molar-refractivity contribution in [2.45, 2.75) is 46.6 Å². The molecule has 0 spiro atoms. The molecule has 1 saturated heterocycles. The van der Waals surface area contributed by atoms with E-state index >= 15 is 0 Å². The van der Waals surface area contributed by atoms with Gasteiger partial charge in [0.15, 0.2) is 5.65 Å². The molecule has 0 saturated carbocycles. The average Bonchev–Trinajstić information content (AvgIpc) is 3.25. The van der Waals surface area contributed by atoms with Crippen LogP contribution in [-0.2, 0) is 4.79 Å². The number of anilines is 1. The van der Waals surface area contributed by atoms with Crippen molar-refractivity contribution in [1.29, 1.82) is 0 Å². The standard InChI is InChI=1S/C30H33ClN6O2/c1-7-25(38)35-12-13-36(19(5)16-35)28-22-14-23(31)27(26-18(4)15-32-20(26)6)33-29(22)37(30(39)34-28)24-11-9-8-10-21(24)17(2)3/h7-11,14,17,19H,1,12-13,15-16H2,2-6H3/t19-/m0/s1. The fourth-order valence-corrected chi connectivity index (χ4v) is 5.82. The van der Waals surface area contributed by atoms with Crippen LogP contribution in [0.15, 0.2) is 58.3 Å². The molecule has 202 valence electrons. The highest BCUT2D eigenvalue weighted by molar-refractivity contribution is 6.36. The van der Waals surface area contributed by atoms with Crippen molar-refractivity contribution in [3.8, 4) is 5.69 Å². The van der Waals surface area contributed by atoms with Gasteiger partial charge in [-0.2, -0.15) is 4.98 Å². The summed E-state index contributed by atoms with van der Waals surface area (Å²) >= 11 is 6.92. The Morgan fingerprint density at radius 3 is 2.56 bits per heavy atom. The first kappa shape index (κ1) is 26.8. The number of benzene rings is 1. The Labute approximate surface area is 233 Å². The van der Waals surface area contributed by atoms with Crippen LogP contribution in [0, 0.1) is 0 Å². The smallest absolute Gasteiger partial charge is 0.350 e. The number of piperazine rings is 1. The summed E-state index contributed by atoms with van der Waals surface area (Å²) in [5, 5.41) is 1.16. The van der Waals surface area contributed by atoms with Gasteiger partial charge in [-0.05, 0) is 56.0 Å². The first-order valence-electron chi connectivity index (χ1n) is 13.2. The van der Waals surface area contributed by atoms with E-state index in [9.17, 15) is 9.59 Å². The van der Waals surface area contributed by atoms with Crippen LogP contribution >= 0.6 is 11.6 Å². The zero-order valence-corrected chi connectivity index (χ0v) is 23.8. The van der Waals surface area contributed by atoms with Gasteiger partial charge in [0.1, 0.15) is 5.82 Å². The summed E-state index contributed by atoms with van der Waals surface area (Å²) in [6, 6.07) is 9.65. The van der Waals surface area contributed by atoms with Gasteiger partial charge >= 0.3 is 5.69 Å². The SMILES string of the molecule is C=CC(=O)N1CCN(c2nc(=O)n(-c3ccccc3C(C)C)c3nc(C4=C(C)CN=C4C)c(Cl)cc23)[C@@H](C)C1. The molecule has 9 heteroatoms. The summed E-state index contributed by atoms with van der Waals surface area (Å²) in [7, 11) is 0. The van der Waals surface area contributed by atoms with Gasteiger partial charge < -0.3 is 9.80 Å². The molecule has 1 fully saturated rings. The molecule has 0 aliphatic carbocycles. The van der Waals surface area contributed by atoms with Crippen LogP contribution in [0.4, 0.5) is 5.82 Å². The van der Waals surface area contributed by atoms with Gasteiger partial charge in [-0.3, -0.25) is 9.79 Å². The number of amides is 1. The molecule has 8 nitrogen and oxygen atoms in total. The molecule has 2 aromatic heterocycles. The van der Waals surface area contributed by atoms with Crippen molar-refractivity contribution in [2.24, 2.45) is 4.99 Å². The van der Waals surface area contributed by atoms with E-state index in [4.69, 9.17) is 16.6 Å². The molecule has 1 atom stereocenters. The number of aliphatic imine (C=N–C) groups is 1. The number of pyridine rings is 1. The number of halogens is 1. The molecule has 1 aromatic carbocycles. The third kappa shape index (κ3) is 4.67. The normalized spacial score (nSPS) is 17.8. The van der Waals surface area contributed by atoms with Crippen molar-refractivity contribution < 1.29 is 4.79 Å². The highest BCUT2D eigenvalue weighted by Gasteiger charge is 2.30. The number of hydrogen-bond acceptors (Lipinski definition) is 6. The minimum Gasteiger partial charge on any atom is -0.350 e. The first-order chi connectivity index (χ1) is 18.6. The number of fused-ring (bicyclic) bond motifs is 1. The van der Waals surface area contributed by atoms with E-state index in [-0.39, 0.29) is 17.9 Å². The molecule has 1 amide bonds. The lowest BCUT2D eigenvalue weighted by Crippen LogP contribution is -2.54. The van der Waals surface area contributed by atoms with Crippen molar-refractivity contribution in [3.63, 3.8) is 0 Å². The Hall–Kier alpha value is -3.78. The van der Waals surface area contributed by atoms with Gasteiger partial charge in [-0.15, -0.1) is 0 Å². The molecule has 2 aliphatic heterocycles. The molecule has 39 heavy (non-hydrogen) atoms. The summed E-state index contributed by atoms with van der Waals surface area (Å²) in [5.74, 6) is 0.598. The molecular weight excluding hydrogens is 512 g/mol. The highest BCUT2D eigenvalue weighted by Crippen LogP contribution is 2.36. The second-order valence-electron chi connectivity index (χ2n) is 10.5. The van der Waals surface area contributed by atoms with Crippen LogP contribution in [0.1, 0.15) is 51.8 Å². The van der Waals surface area contributed by atoms with E-state index in [1.54, 1.807) is 9.47 Å². The fraction of sp³-hybridized carbons (Fsp3) is 0.367. The van der Waals surface area contributed by atoms with Gasteiger partial charge in [0.25, 0.3) is 0 Å². The maximum Gasteiger partial charge on any atom is 0.355 e. The first-order valence-corrected chi connectivity index (χ1v) is 13.6. The maximum atomic E-state index is 13.9. The van der Waals surface area contributed by atoms with Gasteiger partial charge in [0, 0.05) is 37.0 Å². The zero-order valence-electron chi connectivity index (χ0n) is 23.0. The van der Waals surface area contributed by atoms with Gasteiger partial charge in [0.05, 0.1) is 28.3 Å². The quantitative estimate of drug-likeness (QED) is 0.421. The zero-order chi connectivity index (χ0) is 28.0. The Morgan fingerprint density at radius 1 is 1.18 bits per heavy atom. The predicted octanol–water partition coefficient (Wildman–Crippen LogP) is 5.03. The van der Waals surface area contributed by atoms with Crippen LogP contribution in [0.2, 0.25) is 5.02 Å². The minimum atomic E-state index is -0.411.